The number of likely N-dealkylation sites (N-methyl/N-ethyl adjacent to an activating group) is 1. The number of carbonyl (C=O) groups is 1. The van der Waals surface area contributed by atoms with Gasteiger partial charge in [0.05, 0.1) is 0 Å². The van der Waals surface area contributed by atoms with E-state index >= 15 is 0 Å². The van der Waals surface area contributed by atoms with E-state index in [9.17, 15) is 4.79 Å². The highest BCUT2D eigenvalue weighted by molar-refractivity contribution is 7.99. The number of thioether (sulfide) groups is 1. The normalized spacial score (nSPS) is 15.9. The Morgan fingerprint density at radius 2 is 1.97 bits per heavy atom. The molecule has 0 spiro atoms. The molecule has 2 rings (SSSR count). The largest absolute Gasteiger partial charge is 0.356 e. The van der Waals surface area contributed by atoms with Gasteiger partial charge in [-0.2, -0.15) is 0 Å². The van der Waals surface area contributed by atoms with Gasteiger partial charge in [-0.25, -0.2) is 4.99 Å². The van der Waals surface area contributed by atoms with Crippen molar-refractivity contribution in [3.63, 3.8) is 0 Å². The first-order valence-corrected chi connectivity index (χ1v) is 11.7. The number of rotatable bonds is 10. The molecule has 0 radical (unpaired) electrons. The molecule has 1 aromatic carbocycles. The van der Waals surface area contributed by atoms with E-state index in [1.165, 1.54) is 24.3 Å². The zero-order valence-electron chi connectivity index (χ0n) is 18.2. The summed E-state index contributed by atoms with van der Waals surface area (Å²) < 4.78 is 0. The lowest BCUT2D eigenvalue weighted by Gasteiger charge is -2.33. The Hall–Kier alpha value is -1.73. The van der Waals surface area contributed by atoms with Crippen LogP contribution in [0.2, 0.25) is 0 Å². The second kappa shape index (κ2) is 13.5. The fourth-order valence-corrected chi connectivity index (χ4v) is 3.96. The van der Waals surface area contributed by atoms with E-state index in [0.717, 1.165) is 44.2 Å². The number of guanidine groups is 1. The first-order chi connectivity index (χ1) is 14.1. The summed E-state index contributed by atoms with van der Waals surface area (Å²) in [6, 6.07) is 10.8. The third-order valence-corrected chi connectivity index (χ3v) is 6.05. The molecule has 6 nitrogen and oxygen atoms in total. The topological polar surface area (TPSA) is 60.0 Å². The smallest absolute Gasteiger partial charge is 0.243 e. The standard InChI is InChI=1S/C22H37N5OS/c1-4-5-14-27-15-11-19(12-16-27)25-22(24-18-21(28)26(2)3)23-13-17-29-20-9-7-6-8-10-20/h6-10,19H,4-5,11-18H2,1-3H3,(H2,23,24,25). The molecule has 0 bridgehead atoms. The molecule has 162 valence electrons. The quantitative estimate of drug-likeness (QED) is 0.264. The van der Waals surface area contributed by atoms with Crippen LogP contribution < -0.4 is 10.6 Å². The first kappa shape index (κ1) is 23.5. The first-order valence-electron chi connectivity index (χ1n) is 10.7. The highest BCUT2D eigenvalue weighted by Crippen LogP contribution is 2.16. The van der Waals surface area contributed by atoms with Gasteiger partial charge in [-0.15, -0.1) is 11.8 Å². The van der Waals surface area contributed by atoms with Crippen molar-refractivity contribution in [3.8, 4) is 0 Å². The monoisotopic (exact) mass is 419 g/mol. The van der Waals surface area contributed by atoms with E-state index in [1.54, 1.807) is 19.0 Å². The van der Waals surface area contributed by atoms with Crippen molar-refractivity contribution in [1.29, 1.82) is 0 Å². The Morgan fingerprint density at radius 3 is 2.62 bits per heavy atom. The summed E-state index contributed by atoms with van der Waals surface area (Å²) in [5.41, 5.74) is 0. The zero-order chi connectivity index (χ0) is 20.9. The molecule has 2 N–H and O–H groups in total. The summed E-state index contributed by atoms with van der Waals surface area (Å²) in [7, 11) is 3.53. The van der Waals surface area contributed by atoms with Crippen molar-refractivity contribution in [1.82, 2.24) is 20.4 Å². The summed E-state index contributed by atoms with van der Waals surface area (Å²) in [6.07, 6.45) is 4.76. The lowest BCUT2D eigenvalue weighted by atomic mass is 10.0. The van der Waals surface area contributed by atoms with Gasteiger partial charge in [0.2, 0.25) is 5.91 Å². The summed E-state index contributed by atoms with van der Waals surface area (Å²) in [4.78, 5) is 21.9. The number of nitrogens with one attached hydrogen (secondary N) is 2. The van der Waals surface area contributed by atoms with E-state index < -0.39 is 0 Å². The van der Waals surface area contributed by atoms with Crippen LogP contribution in [0.15, 0.2) is 40.2 Å². The van der Waals surface area contributed by atoms with Gasteiger partial charge in [-0.1, -0.05) is 31.5 Å². The Labute approximate surface area is 180 Å². The van der Waals surface area contributed by atoms with Crippen molar-refractivity contribution in [2.75, 3.05) is 52.6 Å². The molecular formula is C22H37N5OS. The lowest BCUT2D eigenvalue weighted by molar-refractivity contribution is -0.127. The Balaban J connectivity index is 1.81. The van der Waals surface area contributed by atoms with E-state index in [1.807, 2.05) is 17.8 Å². The predicted molar refractivity (Wildman–Crippen MR) is 124 cm³/mol. The van der Waals surface area contributed by atoms with E-state index in [0.29, 0.717) is 6.04 Å². The number of aliphatic imine (C=N–C) groups is 1. The van der Waals surface area contributed by atoms with Crippen molar-refractivity contribution in [2.24, 2.45) is 4.99 Å². The molecule has 1 aliphatic heterocycles. The van der Waals surface area contributed by atoms with Crippen LogP contribution in [0, 0.1) is 0 Å². The van der Waals surface area contributed by atoms with Crippen LogP contribution in [0.1, 0.15) is 32.6 Å². The van der Waals surface area contributed by atoms with Crippen LogP contribution in [-0.2, 0) is 4.79 Å². The van der Waals surface area contributed by atoms with Gasteiger partial charge in [0, 0.05) is 50.4 Å². The van der Waals surface area contributed by atoms with Crippen LogP contribution >= 0.6 is 11.8 Å². The molecule has 0 aliphatic carbocycles. The molecule has 0 aromatic heterocycles. The van der Waals surface area contributed by atoms with Crippen LogP contribution in [0.3, 0.4) is 0 Å². The lowest BCUT2D eigenvalue weighted by Crippen LogP contribution is -2.49. The second-order valence-electron chi connectivity index (χ2n) is 7.66. The zero-order valence-corrected chi connectivity index (χ0v) is 19.0. The molecule has 29 heavy (non-hydrogen) atoms. The maximum Gasteiger partial charge on any atom is 0.243 e. The Bertz CT molecular complexity index is 615. The molecule has 1 amide bonds. The second-order valence-corrected chi connectivity index (χ2v) is 8.82. The van der Waals surface area contributed by atoms with Crippen molar-refractivity contribution >= 4 is 23.6 Å². The van der Waals surface area contributed by atoms with Crippen molar-refractivity contribution < 1.29 is 4.79 Å². The minimum Gasteiger partial charge on any atom is -0.356 e. The van der Waals surface area contributed by atoms with E-state index in [4.69, 9.17) is 0 Å². The maximum atomic E-state index is 12.0. The molecule has 1 saturated heterocycles. The average molecular weight is 420 g/mol. The summed E-state index contributed by atoms with van der Waals surface area (Å²) in [6.45, 7) is 6.68. The highest BCUT2D eigenvalue weighted by Gasteiger charge is 2.19. The van der Waals surface area contributed by atoms with Crippen LogP contribution in [0.4, 0.5) is 0 Å². The maximum absolute atomic E-state index is 12.0. The summed E-state index contributed by atoms with van der Waals surface area (Å²) >= 11 is 1.82. The molecular weight excluding hydrogens is 382 g/mol. The van der Waals surface area contributed by atoms with Gasteiger partial charge >= 0.3 is 0 Å². The van der Waals surface area contributed by atoms with Gasteiger partial charge in [0.1, 0.15) is 6.54 Å². The van der Waals surface area contributed by atoms with Gasteiger partial charge in [-0.3, -0.25) is 4.79 Å². The molecule has 1 aliphatic rings. The number of hydrogen-bond donors (Lipinski definition) is 2. The minimum atomic E-state index is 0.0131. The van der Waals surface area contributed by atoms with Gasteiger partial charge in [-0.05, 0) is 37.9 Å². The molecule has 1 fully saturated rings. The number of benzene rings is 1. The van der Waals surface area contributed by atoms with E-state index in [-0.39, 0.29) is 12.5 Å². The number of amides is 1. The van der Waals surface area contributed by atoms with Gasteiger partial charge < -0.3 is 20.4 Å². The van der Waals surface area contributed by atoms with Crippen LogP contribution in [0.25, 0.3) is 0 Å². The van der Waals surface area contributed by atoms with Crippen LogP contribution in [-0.4, -0.2) is 80.3 Å². The fourth-order valence-electron chi connectivity index (χ4n) is 3.17. The number of piperidine rings is 1. The SMILES string of the molecule is CCCCN1CCC(NC(=NCC(=O)N(C)C)NCCSc2ccccc2)CC1. The Kier molecular flexibility index (Phi) is 11.0. The highest BCUT2D eigenvalue weighted by atomic mass is 32.2. The van der Waals surface area contributed by atoms with E-state index in [2.05, 4.69) is 51.7 Å². The molecule has 1 heterocycles. The van der Waals surface area contributed by atoms with Gasteiger partial charge in [0.15, 0.2) is 5.96 Å². The number of nitrogens with zero attached hydrogens (tertiary/aromatic N) is 3. The average Bonchev–Trinajstić information content (AvgIpc) is 2.74. The van der Waals surface area contributed by atoms with Crippen molar-refractivity contribution in [2.45, 2.75) is 43.5 Å². The fraction of sp³-hybridized carbons (Fsp3) is 0.636. The number of carbonyl (C=O) groups excluding carboxylic acids is 1. The molecule has 0 unspecified atom stereocenters. The number of likely N-dealkylation sites (tertiary alicyclic amines) is 1. The van der Waals surface area contributed by atoms with Crippen LogP contribution in [0.5, 0.6) is 0 Å². The Morgan fingerprint density at radius 1 is 1.24 bits per heavy atom. The van der Waals surface area contributed by atoms with Gasteiger partial charge in [0.25, 0.3) is 0 Å². The third-order valence-electron chi connectivity index (χ3n) is 5.03. The number of unbranched alkanes of at least 4 members (excludes halogenated alkanes) is 1. The molecule has 7 heteroatoms. The summed E-state index contributed by atoms with van der Waals surface area (Å²) in [5.74, 6) is 1.71. The molecule has 1 aromatic rings. The third kappa shape index (κ3) is 9.54. The van der Waals surface area contributed by atoms with Crippen molar-refractivity contribution in [3.05, 3.63) is 30.3 Å². The predicted octanol–water partition coefficient (Wildman–Crippen LogP) is 2.67. The molecule has 0 saturated carbocycles. The molecule has 0 atom stereocenters. The summed E-state index contributed by atoms with van der Waals surface area (Å²) in [5, 5.41) is 6.97. The number of hydrogen-bond acceptors (Lipinski definition) is 4. The minimum absolute atomic E-state index is 0.0131.